The van der Waals surface area contributed by atoms with E-state index in [2.05, 4.69) is 44.8 Å². The molecular weight excluding hydrogens is 251 g/mol. The summed E-state index contributed by atoms with van der Waals surface area (Å²) in [4.78, 5) is 2.07. The molecule has 1 N–H and O–H groups in total. The van der Waals surface area contributed by atoms with Gasteiger partial charge in [0.05, 0.1) is 5.69 Å². The van der Waals surface area contributed by atoms with Crippen LogP contribution in [0.5, 0.6) is 0 Å². The average molecular weight is 280 g/mol. The molecule has 0 bridgehead atoms. The van der Waals surface area contributed by atoms with Crippen LogP contribution < -0.4 is 10.2 Å². The normalized spacial score (nSPS) is 14.4. The van der Waals surface area contributed by atoms with Crippen LogP contribution in [0.3, 0.4) is 0 Å². The summed E-state index contributed by atoms with van der Waals surface area (Å²) in [5, 5.41) is 3.45. The van der Waals surface area contributed by atoms with Crippen LogP contribution in [0.1, 0.15) is 52.6 Å². The Kier molecular flexibility index (Phi) is 6.47. The minimum absolute atomic E-state index is 0.136. The first-order valence-electron chi connectivity index (χ1n) is 7.64. The highest BCUT2D eigenvalue weighted by Crippen LogP contribution is 2.31. The van der Waals surface area contributed by atoms with Gasteiger partial charge in [-0.1, -0.05) is 32.9 Å². The molecule has 1 aromatic carbocycles. The van der Waals surface area contributed by atoms with Crippen LogP contribution in [0.15, 0.2) is 18.2 Å². The summed E-state index contributed by atoms with van der Waals surface area (Å²) in [6.45, 7) is 11.7. The molecule has 0 aliphatic heterocycles. The Morgan fingerprint density at radius 1 is 1.20 bits per heavy atom. The Hall–Kier alpha value is -1.09. The fraction of sp³-hybridized carbons (Fsp3) is 0.647. The smallest absolute Gasteiger partial charge is 0.146 e. The summed E-state index contributed by atoms with van der Waals surface area (Å²) in [6, 6.07) is 5.82. The van der Waals surface area contributed by atoms with Gasteiger partial charge in [0, 0.05) is 19.1 Å². The van der Waals surface area contributed by atoms with Gasteiger partial charge in [-0.15, -0.1) is 0 Å². The van der Waals surface area contributed by atoms with Crippen LogP contribution in [-0.4, -0.2) is 19.6 Å². The zero-order valence-electron chi connectivity index (χ0n) is 13.7. The van der Waals surface area contributed by atoms with Gasteiger partial charge in [0.1, 0.15) is 5.82 Å². The van der Waals surface area contributed by atoms with Crippen molar-refractivity contribution in [3.05, 3.63) is 29.6 Å². The molecule has 0 amide bonds. The number of para-hydroxylation sites is 1. The van der Waals surface area contributed by atoms with Crippen molar-refractivity contribution in [2.45, 2.75) is 53.1 Å². The molecule has 0 fully saturated rings. The maximum Gasteiger partial charge on any atom is 0.146 e. The lowest BCUT2D eigenvalue weighted by atomic mass is 10.00. The second kappa shape index (κ2) is 7.63. The molecule has 1 rings (SSSR count). The lowest BCUT2D eigenvalue weighted by Crippen LogP contribution is -2.35. The molecule has 0 aliphatic rings. The van der Waals surface area contributed by atoms with E-state index in [0.29, 0.717) is 12.0 Å². The lowest BCUT2D eigenvalue weighted by molar-refractivity contribution is 0.491. The number of halogens is 1. The SMILES string of the molecule is CCCNC(C)c1cccc(F)c1N(C)C(C)C(C)C. The first-order chi connectivity index (χ1) is 9.40. The fourth-order valence-corrected chi connectivity index (χ4v) is 2.38. The highest BCUT2D eigenvalue weighted by molar-refractivity contribution is 5.56. The third kappa shape index (κ3) is 3.95. The summed E-state index contributed by atoms with van der Waals surface area (Å²) in [5.74, 6) is 0.342. The van der Waals surface area contributed by atoms with Crippen molar-refractivity contribution in [1.29, 1.82) is 0 Å². The second-order valence-corrected chi connectivity index (χ2v) is 5.95. The molecule has 0 aromatic heterocycles. The number of nitrogens with zero attached hydrogens (tertiary/aromatic N) is 1. The highest BCUT2D eigenvalue weighted by atomic mass is 19.1. The maximum absolute atomic E-state index is 14.3. The molecule has 0 saturated heterocycles. The number of rotatable bonds is 7. The third-order valence-electron chi connectivity index (χ3n) is 4.11. The molecule has 0 radical (unpaired) electrons. The Balaban J connectivity index is 3.10. The van der Waals surface area contributed by atoms with Crippen LogP contribution in [0.4, 0.5) is 10.1 Å². The minimum atomic E-state index is -0.136. The molecule has 1 aromatic rings. The number of nitrogens with one attached hydrogen (secondary N) is 1. The van der Waals surface area contributed by atoms with Crippen LogP contribution >= 0.6 is 0 Å². The van der Waals surface area contributed by atoms with E-state index in [1.165, 1.54) is 0 Å². The number of hydrogen-bond acceptors (Lipinski definition) is 2. The maximum atomic E-state index is 14.3. The van der Waals surface area contributed by atoms with Crippen molar-refractivity contribution >= 4 is 5.69 Å². The Morgan fingerprint density at radius 2 is 1.85 bits per heavy atom. The van der Waals surface area contributed by atoms with E-state index in [1.54, 1.807) is 12.1 Å². The van der Waals surface area contributed by atoms with E-state index in [9.17, 15) is 4.39 Å². The number of anilines is 1. The van der Waals surface area contributed by atoms with Crippen LogP contribution in [0.2, 0.25) is 0 Å². The predicted molar refractivity (Wildman–Crippen MR) is 85.8 cm³/mol. The van der Waals surface area contributed by atoms with E-state index >= 15 is 0 Å². The lowest BCUT2D eigenvalue weighted by Gasteiger charge is -2.33. The highest BCUT2D eigenvalue weighted by Gasteiger charge is 2.22. The first kappa shape index (κ1) is 17.0. The van der Waals surface area contributed by atoms with Gasteiger partial charge in [0.2, 0.25) is 0 Å². The molecule has 3 heteroatoms. The average Bonchev–Trinajstić information content (AvgIpc) is 2.42. The van der Waals surface area contributed by atoms with Gasteiger partial charge in [0.15, 0.2) is 0 Å². The van der Waals surface area contributed by atoms with Crippen LogP contribution in [0.25, 0.3) is 0 Å². The molecule has 0 spiro atoms. The molecule has 0 heterocycles. The van der Waals surface area contributed by atoms with Gasteiger partial charge >= 0.3 is 0 Å². The molecule has 0 saturated carbocycles. The zero-order chi connectivity index (χ0) is 15.3. The summed E-state index contributed by atoms with van der Waals surface area (Å²) >= 11 is 0. The monoisotopic (exact) mass is 280 g/mol. The molecule has 20 heavy (non-hydrogen) atoms. The fourth-order valence-electron chi connectivity index (χ4n) is 2.38. The molecular formula is C17H29FN2. The van der Waals surface area contributed by atoms with Crippen LogP contribution in [-0.2, 0) is 0 Å². The van der Waals surface area contributed by atoms with E-state index < -0.39 is 0 Å². The quantitative estimate of drug-likeness (QED) is 0.798. The van der Waals surface area contributed by atoms with E-state index in [-0.39, 0.29) is 11.9 Å². The van der Waals surface area contributed by atoms with Crippen LogP contribution in [0, 0.1) is 11.7 Å². The Bertz CT molecular complexity index is 417. The standard InChI is InChI=1S/C17H29FN2/c1-7-11-19-13(4)15-9-8-10-16(18)17(15)20(6)14(5)12(2)3/h8-10,12-14,19H,7,11H2,1-6H3. The van der Waals surface area contributed by atoms with Crippen molar-refractivity contribution in [3.8, 4) is 0 Å². The van der Waals surface area contributed by atoms with Gasteiger partial charge < -0.3 is 10.2 Å². The van der Waals surface area contributed by atoms with Gasteiger partial charge in [-0.25, -0.2) is 4.39 Å². The summed E-state index contributed by atoms with van der Waals surface area (Å²) in [7, 11) is 1.99. The second-order valence-electron chi connectivity index (χ2n) is 5.95. The van der Waals surface area contributed by atoms with Gasteiger partial charge in [-0.3, -0.25) is 0 Å². The van der Waals surface area contributed by atoms with Crippen molar-refractivity contribution in [3.63, 3.8) is 0 Å². The summed E-state index contributed by atoms with van der Waals surface area (Å²) < 4.78 is 14.3. The van der Waals surface area contributed by atoms with E-state index in [4.69, 9.17) is 0 Å². The molecule has 2 atom stereocenters. The van der Waals surface area contributed by atoms with Crippen molar-refractivity contribution in [1.82, 2.24) is 5.32 Å². The molecule has 0 aliphatic carbocycles. The van der Waals surface area contributed by atoms with Gasteiger partial charge in [0.25, 0.3) is 0 Å². The largest absolute Gasteiger partial charge is 0.369 e. The number of hydrogen-bond donors (Lipinski definition) is 1. The van der Waals surface area contributed by atoms with Crippen molar-refractivity contribution < 1.29 is 4.39 Å². The van der Waals surface area contributed by atoms with Crippen molar-refractivity contribution in [2.75, 3.05) is 18.5 Å². The molecule has 114 valence electrons. The Morgan fingerprint density at radius 3 is 2.40 bits per heavy atom. The van der Waals surface area contributed by atoms with E-state index in [1.807, 2.05) is 13.1 Å². The molecule has 2 unspecified atom stereocenters. The zero-order valence-corrected chi connectivity index (χ0v) is 13.7. The third-order valence-corrected chi connectivity index (χ3v) is 4.11. The van der Waals surface area contributed by atoms with Gasteiger partial charge in [-0.05, 0) is 44.4 Å². The predicted octanol–water partition coefficient (Wildman–Crippen LogP) is 4.37. The summed E-state index contributed by atoms with van der Waals surface area (Å²) in [6.07, 6.45) is 1.08. The Labute approximate surface area is 123 Å². The first-order valence-corrected chi connectivity index (χ1v) is 7.64. The topological polar surface area (TPSA) is 15.3 Å². The minimum Gasteiger partial charge on any atom is -0.369 e. The van der Waals surface area contributed by atoms with E-state index in [0.717, 1.165) is 24.2 Å². The summed E-state index contributed by atoms with van der Waals surface area (Å²) in [5.41, 5.74) is 1.76. The molecule has 2 nitrogen and oxygen atoms in total. The number of benzene rings is 1. The van der Waals surface area contributed by atoms with Gasteiger partial charge in [-0.2, -0.15) is 0 Å². The van der Waals surface area contributed by atoms with Crippen molar-refractivity contribution in [2.24, 2.45) is 5.92 Å².